The second kappa shape index (κ2) is 6.87. The molecule has 116 valence electrons. The summed E-state index contributed by atoms with van der Waals surface area (Å²) in [7, 11) is 0. The van der Waals surface area contributed by atoms with Crippen LogP contribution in [0.5, 0.6) is 0 Å². The van der Waals surface area contributed by atoms with Crippen molar-refractivity contribution in [3.63, 3.8) is 0 Å². The van der Waals surface area contributed by atoms with Crippen LogP contribution in [0.1, 0.15) is 28.0 Å². The molecule has 1 fully saturated rings. The second-order valence-electron chi connectivity index (χ2n) is 5.39. The molecule has 0 saturated carbocycles. The molecule has 1 aromatic heterocycles. The molecule has 0 amide bonds. The van der Waals surface area contributed by atoms with Gasteiger partial charge in [0.25, 0.3) is 5.56 Å². The number of aromatic carboxylic acids is 1. The molecule has 1 aliphatic heterocycles. The van der Waals surface area contributed by atoms with Gasteiger partial charge in [-0.25, -0.2) is 4.79 Å². The molecule has 2 heterocycles. The zero-order valence-electron chi connectivity index (χ0n) is 12.6. The average Bonchev–Trinajstić information content (AvgIpc) is 2.42. The molecule has 1 aliphatic rings. The standard InChI is InChI=1S/C15H22N2O4/c1-11-10-13(18)17(12(2)14(11)15(19)20)5-3-4-16-6-8-21-9-7-16/h10H,3-9H2,1-2H3,(H,19,20). The van der Waals surface area contributed by atoms with Crippen molar-refractivity contribution in [1.29, 1.82) is 0 Å². The van der Waals surface area contributed by atoms with Crippen molar-refractivity contribution in [2.24, 2.45) is 0 Å². The van der Waals surface area contributed by atoms with Gasteiger partial charge in [0.05, 0.1) is 18.8 Å². The first-order valence-electron chi connectivity index (χ1n) is 7.25. The predicted molar refractivity (Wildman–Crippen MR) is 79.0 cm³/mol. The highest BCUT2D eigenvalue weighted by Gasteiger charge is 2.16. The van der Waals surface area contributed by atoms with Gasteiger partial charge in [0.1, 0.15) is 0 Å². The minimum Gasteiger partial charge on any atom is -0.478 e. The summed E-state index contributed by atoms with van der Waals surface area (Å²) in [5, 5.41) is 9.25. The van der Waals surface area contributed by atoms with Crippen LogP contribution < -0.4 is 5.56 Å². The fourth-order valence-corrected chi connectivity index (χ4v) is 2.80. The van der Waals surface area contributed by atoms with Crippen molar-refractivity contribution in [1.82, 2.24) is 9.47 Å². The van der Waals surface area contributed by atoms with Gasteiger partial charge < -0.3 is 14.4 Å². The normalized spacial score (nSPS) is 16.1. The maximum atomic E-state index is 12.1. The van der Waals surface area contributed by atoms with Crippen molar-refractivity contribution >= 4 is 5.97 Å². The molecule has 2 rings (SSSR count). The molecule has 0 aromatic carbocycles. The number of rotatable bonds is 5. The van der Waals surface area contributed by atoms with E-state index in [1.807, 2.05) is 0 Å². The van der Waals surface area contributed by atoms with Crippen LogP contribution in [0.3, 0.4) is 0 Å². The van der Waals surface area contributed by atoms with Gasteiger partial charge in [-0.3, -0.25) is 9.69 Å². The van der Waals surface area contributed by atoms with Gasteiger partial charge in [-0.1, -0.05) is 0 Å². The molecule has 1 saturated heterocycles. The lowest BCUT2D eigenvalue weighted by molar-refractivity contribution is 0.0368. The summed E-state index contributed by atoms with van der Waals surface area (Å²) in [6, 6.07) is 1.41. The summed E-state index contributed by atoms with van der Waals surface area (Å²) in [6.45, 7) is 8.15. The minimum atomic E-state index is -0.980. The summed E-state index contributed by atoms with van der Waals surface area (Å²) in [6.07, 6.45) is 0.822. The zero-order valence-corrected chi connectivity index (χ0v) is 12.6. The van der Waals surface area contributed by atoms with Crippen LogP contribution in [0.2, 0.25) is 0 Å². The lowest BCUT2D eigenvalue weighted by atomic mass is 10.1. The zero-order chi connectivity index (χ0) is 15.4. The smallest absolute Gasteiger partial charge is 0.337 e. The lowest BCUT2D eigenvalue weighted by Crippen LogP contribution is -2.37. The number of hydrogen-bond donors (Lipinski definition) is 1. The van der Waals surface area contributed by atoms with Crippen molar-refractivity contribution < 1.29 is 14.6 Å². The minimum absolute atomic E-state index is 0.128. The molecule has 0 spiro atoms. The summed E-state index contributed by atoms with van der Waals surface area (Å²) < 4.78 is 6.86. The molecular weight excluding hydrogens is 272 g/mol. The van der Waals surface area contributed by atoms with Gasteiger partial charge in [0.15, 0.2) is 0 Å². The van der Waals surface area contributed by atoms with Crippen molar-refractivity contribution in [3.05, 3.63) is 33.2 Å². The van der Waals surface area contributed by atoms with Crippen LogP contribution in [-0.2, 0) is 11.3 Å². The quantitative estimate of drug-likeness (QED) is 0.873. The van der Waals surface area contributed by atoms with Crippen LogP contribution in [0.15, 0.2) is 10.9 Å². The van der Waals surface area contributed by atoms with E-state index in [-0.39, 0.29) is 11.1 Å². The number of ether oxygens (including phenoxy) is 1. The van der Waals surface area contributed by atoms with Crippen LogP contribution in [0.4, 0.5) is 0 Å². The molecule has 21 heavy (non-hydrogen) atoms. The number of carboxylic acid groups (broad SMARTS) is 1. The Kier molecular flexibility index (Phi) is 5.14. The molecule has 0 bridgehead atoms. The Morgan fingerprint density at radius 3 is 2.57 bits per heavy atom. The molecule has 0 radical (unpaired) electrons. The summed E-state index contributed by atoms with van der Waals surface area (Å²) in [5.74, 6) is -0.980. The van der Waals surface area contributed by atoms with E-state index in [4.69, 9.17) is 4.74 Å². The number of aromatic nitrogens is 1. The number of nitrogens with zero attached hydrogens (tertiary/aromatic N) is 2. The number of carbonyl (C=O) groups is 1. The van der Waals surface area contributed by atoms with E-state index >= 15 is 0 Å². The third-order valence-electron chi connectivity index (χ3n) is 3.94. The third kappa shape index (κ3) is 3.71. The second-order valence-corrected chi connectivity index (χ2v) is 5.39. The Morgan fingerprint density at radius 1 is 1.29 bits per heavy atom. The lowest BCUT2D eigenvalue weighted by Gasteiger charge is -2.26. The van der Waals surface area contributed by atoms with E-state index < -0.39 is 5.97 Å². The highest BCUT2D eigenvalue weighted by atomic mass is 16.5. The Bertz CT molecular complexity index is 574. The average molecular weight is 294 g/mol. The summed E-state index contributed by atoms with van der Waals surface area (Å²) in [4.78, 5) is 25.6. The van der Waals surface area contributed by atoms with E-state index in [9.17, 15) is 14.7 Å². The molecule has 1 N–H and O–H groups in total. The van der Waals surface area contributed by atoms with Crippen LogP contribution in [-0.4, -0.2) is 53.4 Å². The predicted octanol–water partition coefficient (Wildman–Crippen LogP) is 0.886. The van der Waals surface area contributed by atoms with Crippen LogP contribution in [0.25, 0.3) is 0 Å². The molecule has 6 nitrogen and oxygen atoms in total. The Balaban J connectivity index is 2.07. The number of carboxylic acids is 1. The van der Waals surface area contributed by atoms with Gasteiger partial charge in [0, 0.05) is 37.9 Å². The largest absolute Gasteiger partial charge is 0.478 e. The molecule has 0 atom stereocenters. The van der Waals surface area contributed by atoms with E-state index in [0.717, 1.165) is 39.3 Å². The van der Waals surface area contributed by atoms with Gasteiger partial charge in [-0.15, -0.1) is 0 Å². The highest BCUT2D eigenvalue weighted by Crippen LogP contribution is 2.11. The number of morpholine rings is 1. The van der Waals surface area contributed by atoms with Crippen LogP contribution in [0, 0.1) is 13.8 Å². The van der Waals surface area contributed by atoms with Gasteiger partial charge in [0.2, 0.25) is 0 Å². The molecule has 0 aliphatic carbocycles. The van der Waals surface area contributed by atoms with Crippen molar-refractivity contribution in [2.75, 3.05) is 32.8 Å². The highest BCUT2D eigenvalue weighted by molar-refractivity contribution is 5.90. The Labute approximate surface area is 123 Å². The van der Waals surface area contributed by atoms with E-state index in [0.29, 0.717) is 17.8 Å². The maximum Gasteiger partial charge on any atom is 0.337 e. The van der Waals surface area contributed by atoms with Crippen LogP contribution >= 0.6 is 0 Å². The van der Waals surface area contributed by atoms with Crippen molar-refractivity contribution in [2.45, 2.75) is 26.8 Å². The fourth-order valence-electron chi connectivity index (χ4n) is 2.80. The van der Waals surface area contributed by atoms with Gasteiger partial charge in [-0.05, 0) is 25.8 Å². The monoisotopic (exact) mass is 294 g/mol. The Morgan fingerprint density at radius 2 is 1.95 bits per heavy atom. The first-order valence-corrected chi connectivity index (χ1v) is 7.25. The van der Waals surface area contributed by atoms with E-state index in [2.05, 4.69) is 4.90 Å². The molecule has 1 aromatic rings. The fraction of sp³-hybridized carbons (Fsp3) is 0.600. The third-order valence-corrected chi connectivity index (χ3v) is 3.94. The summed E-state index contributed by atoms with van der Waals surface area (Å²) in [5.41, 5.74) is 1.17. The van der Waals surface area contributed by atoms with Gasteiger partial charge in [-0.2, -0.15) is 0 Å². The first-order chi connectivity index (χ1) is 10.0. The SMILES string of the molecule is Cc1cc(=O)n(CCCN2CCOCC2)c(C)c1C(=O)O. The number of hydrogen-bond acceptors (Lipinski definition) is 4. The number of aryl methyl sites for hydroxylation is 1. The van der Waals surface area contributed by atoms with E-state index in [1.54, 1.807) is 18.4 Å². The van der Waals surface area contributed by atoms with Gasteiger partial charge >= 0.3 is 5.97 Å². The molecule has 6 heteroatoms. The topological polar surface area (TPSA) is 71.8 Å². The maximum absolute atomic E-state index is 12.1. The Hall–Kier alpha value is -1.66. The number of pyridine rings is 1. The molecule has 0 unspecified atom stereocenters. The summed E-state index contributed by atoms with van der Waals surface area (Å²) >= 11 is 0. The van der Waals surface area contributed by atoms with E-state index in [1.165, 1.54) is 6.07 Å². The molecular formula is C15H22N2O4. The first kappa shape index (κ1) is 15.7. The van der Waals surface area contributed by atoms with Crippen molar-refractivity contribution in [3.8, 4) is 0 Å².